The number of carboxylic acids is 1. The Kier molecular flexibility index (Phi) is 17.8. The summed E-state index contributed by atoms with van der Waals surface area (Å²) in [6, 6.07) is 15.2. The highest BCUT2D eigenvalue weighted by molar-refractivity contribution is 5.92. The van der Waals surface area contributed by atoms with Crippen molar-refractivity contribution >= 4 is 33.5 Å². The van der Waals surface area contributed by atoms with Crippen LogP contribution in [0.25, 0.3) is 21.5 Å². The van der Waals surface area contributed by atoms with Crippen molar-refractivity contribution in [3.8, 4) is 11.5 Å². The molecule has 20 heteroatoms. The number of benzene rings is 4. The smallest absolute Gasteiger partial charge is 0.420 e. The fourth-order valence-electron chi connectivity index (χ4n) is 11.2. The average molecular weight is 1050 g/mol. The van der Waals surface area contributed by atoms with Gasteiger partial charge in [-0.25, -0.2) is 0 Å². The van der Waals surface area contributed by atoms with Crippen LogP contribution in [0, 0.1) is 23.7 Å². The molecule has 2 saturated heterocycles. The molecule has 4 aromatic carbocycles. The van der Waals surface area contributed by atoms with Crippen LogP contribution >= 0.6 is 0 Å². The number of carboxylic acid groups (broad SMARTS) is 1. The zero-order chi connectivity index (χ0) is 52.9. The van der Waals surface area contributed by atoms with Crippen molar-refractivity contribution in [2.75, 3.05) is 33.3 Å². The lowest BCUT2D eigenvalue weighted by Gasteiger charge is -2.33. The molecular formula is C53H60F12N2O6. The van der Waals surface area contributed by atoms with Gasteiger partial charge >= 0.3 is 36.6 Å². The summed E-state index contributed by atoms with van der Waals surface area (Å²) in [6.07, 6.45) is -16.0. The Morgan fingerprint density at radius 3 is 1.29 bits per heavy atom. The molecule has 0 unspecified atom stereocenters. The number of alkyl halides is 12. The summed E-state index contributed by atoms with van der Waals surface area (Å²) in [5, 5.41) is 9.98. The molecule has 73 heavy (non-hydrogen) atoms. The van der Waals surface area contributed by atoms with E-state index in [1.807, 2.05) is 0 Å². The first kappa shape index (κ1) is 55.8. The molecule has 402 valence electrons. The van der Waals surface area contributed by atoms with Gasteiger partial charge in [-0.1, -0.05) is 48.5 Å². The molecule has 1 N–H and O–H groups in total. The van der Waals surface area contributed by atoms with Crippen LogP contribution in [0.2, 0.25) is 0 Å². The minimum Gasteiger partial charge on any atom is -0.490 e. The van der Waals surface area contributed by atoms with Crippen molar-refractivity contribution < 1.29 is 81.6 Å². The lowest BCUT2D eigenvalue weighted by atomic mass is 9.87. The summed E-state index contributed by atoms with van der Waals surface area (Å²) in [4.78, 5) is 27.0. The monoisotopic (exact) mass is 1050 g/mol. The zero-order valence-electron chi connectivity index (χ0n) is 40.3. The van der Waals surface area contributed by atoms with Crippen LogP contribution in [0.15, 0.2) is 60.7 Å². The second-order valence-electron chi connectivity index (χ2n) is 20.0. The number of carbonyl (C=O) groups is 2. The van der Waals surface area contributed by atoms with Gasteiger partial charge in [0.05, 0.1) is 31.2 Å². The van der Waals surface area contributed by atoms with Gasteiger partial charge in [-0.3, -0.25) is 19.4 Å². The molecule has 0 aromatic heterocycles. The third kappa shape index (κ3) is 14.7. The Labute approximate surface area is 415 Å². The number of likely N-dealkylation sites (tertiary alicyclic amines) is 2. The van der Waals surface area contributed by atoms with Gasteiger partial charge in [-0.05, 0) is 147 Å². The highest BCUT2D eigenvalue weighted by atomic mass is 19.4. The summed E-state index contributed by atoms with van der Waals surface area (Å²) in [7, 11) is 1.35. The van der Waals surface area contributed by atoms with Crippen molar-refractivity contribution in [3.05, 3.63) is 82.9 Å². The van der Waals surface area contributed by atoms with Gasteiger partial charge < -0.3 is 19.3 Å². The lowest BCUT2D eigenvalue weighted by molar-refractivity contribution is -0.186. The van der Waals surface area contributed by atoms with E-state index in [0.717, 1.165) is 44.3 Å². The zero-order valence-corrected chi connectivity index (χ0v) is 40.3. The maximum Gasteiger partial charge on any atom is 0.420 e. The normalized spacial score (nSPS) is 23.9. The quantitative estimate of drug-likeness (QED) is 0.111. The number of rotatable bonds is 12. The summed E-state index contributed by atoms with van der Waals surface area (Å²) in [5.41, 5.74) is -0.376. The highest BCUT2D eigenvalue weighted by Crippen LogP contribution is 2.47. The fraction of sp³-hybridized carbons (Fsp3) is 0.585. The second kappa shape index (κ2) is 23.3. The van der Waals surface area contributed by atoms with E-state index in [-0.39, 0.29) is 97.9 Å². The van der Waals surface area contributed by atoms with Crippen LogP contribution < -0.4 is 9.47 Å². The fourth-order valence-corrected chi connectivity index (χ4v) is 11.2. The first-order valence-electron chi connectivity index (χ1n) is 24.8. The molecule has 8 nitrogen and oxygen atoms in total. The van der Waals surface area contributed by atoms with E-state index in [9.17, 15) is 62.3 Å². The molecule has 2 aliphatic carbocycles. The van der Waals surface area contributed by atoms with E-state index in [4.69, 9.17) is 19.3 Å². The first-order chi connectivity index (χ1) is 34.4. The van der Waals surface area contributed by atoms with E-state index in [0.29, 0.717) is 48.9 Å². The summed E-state index contributed by atoms with van der Waals surface area (Å²) in [6.45, 7) is 3.57. The van der Waals surface area contributed by atoms with Gasteiger partial charge in [0.2, 0.25) is 0 Å². The SMILES string of the molecule is COC(=O)C[C@H]1CCCN(Cc2cccc3c(C(F)(F)F)c(OC4CCC(C(F)(F)F)CC4)ccc23)C1.O=C(O)C[C@H]1CCCN(Cc2cccc3c(C(F)(F)F)c(OC4CCC(C(F)(F)F)CC4)ccc23)C1. The number of nitrogens with zero attached hydrogens (tertiary/aromatic N) is 2. The largest absolute Gasteiger partial charge is 0.490 e. The van der Waals surface area contributed by atoms with Gasteiger partial charge in [-0.15, -0.1) is 0 Å². The number of hydrogen-bond acceptors (Lipinski definition) is 7. The predicted molar refractivity (Wildman–Crippen MR) is 248 cm³/mol. The number of hydrogen-bond donors (Lipinski definition) is 1. The van der Waals surface area contributed by atoms with Crippen molar-refractivity contribution in [2.24, 2.45) is 23.7 Å². The molecular weight excluding hydrogens is 989 g/mol. The molecule has 0 bridgehead atoms. The van der Waals surface area contributed by atoms with Crippen LogP contribution in [0.1, 0.15) is 112 Å². The van der Waals surface area contributed by atoms with E-state index in [2.05, 4.69) is 9.80 Å². The third-order valence-corrected chi connectivity index (χ3v) is 14.8. The molecule has 2 aliphatic heterocycles. The predicted octanol–water partition coefficient (Wildman–Crippen LogP) is 14.2. The maximum atomic E-state index is 14.3. The molecule has 4 fully saturated rings. The number of halogens is 12. The number of piperidine rings is 2. The van der Waals surface area contributed by atoms with Crippen molar-refractivity contribution in [2.45, 2.75) is 140 Å². The molecule has 0 radical (unpaired) electrons. The van der Waals surface area contributed by atoms with E-state index in [1.54, 1.807) is 36.4 Å². The number of aliphatic carboxylic acids is 1. The van der Waals surface area contributed by atoms with Crippen LogP contribution in [-0.4, -0.2) is 84.7 Å². The summed E-state index contributed by atoms with van der Waals surface area (Å²) < 4.78 is 179. The Hall–Kier alpha value is -4.98. The van der Waals surface area contributed by atoms with Crippen LogP contribution in [0.3, 0.4) is 0 Å². The Balaban J connectivity index is 0.000000214. The number of fused-ring (bicyclic) bond motifs is 2. The van der Waals surface area contributed by atoms with Crippen LogP contribution in [0.4, 0.5) is 52.7 Å². The van der Waals surface area contributed by atoms with Gasteiger partial charge in [0, 0.05) is 39.0 Å². The molecule has 4 aliphatic rings. The van der Waals surface area contributed by atoms with Crippen LogP contribution in [-0.2, 0) is 39.8 Å². The van der Waals surface area contributed by atoms with Crippen LogP contribution in [0.5, 0.6) is 11.5 Å². The number of esters is 1. The summed E-state index contributed by atoms with van der Waals surface area (Å²) >= 11 is 0. The van der Waals surface area contributed by atoms with Crippen molar-refractivity contribution in [1.29, 1.82) is 0 Å². The van der Waals surface area contributed by atoms with E-state index >= 15 is 0 Å². The first-order valence-corrected chi connectivity index (χ1v) is 24.8. The minimum absolute atomic E-state index is 0.00408. The number of methoxy groups -OCH3 is 1. The maximum absolute atomic E-state index is 14.3. The Morgan fingerprint density at radius 1 is 0.534 bits per heavy atom. The molecule has 8 rings (SSSR count). The molecule has 0 spiro atoms. The second-order valence-corrected chi connectivity index (χ2v) is 20.0. The molecule has 4 aromatic rings. The highest BCUT2D eigenvalue weighted by Gasteiger charge is 2.45. The average Bonchev–Trinajstić information content (AvgIpc) is 3.31. The van der Waals surface area contributed by atoms with Gasteiger partial charge in [0.25, 0.3) is 0 Å². The molecule has 2 atom stereocenters. The van der Waals surface area contributed by atoms with E-state index < -0.39 is 65.8 Å². The Bertz CT molecular complexity index is 2510. The third-order valence-electron chi connectivity index (χ3n) is 14.8. The Morgan fingerprint density at radius 2 is 0.932 bits per heavy atom. The van der Waals surface area contributed by atoms with Crippen molar-refractivity contribution in [1.82, 2.24) is 9.80 Å². The van der Waals surface area contributed by atoms with Crippen molar-refractivity contribution in [3.63, 3.8) is 0 Å². The molecule has 0 amide bonds. The number of carbonyl (C=O) groups excluding carboxylic acids is 1. The van der Waals surface area contributed by atoms with Gasteiger partial charge in [0.1, 0.15) is 22.6 Å². The van der Waals surface area contributed by atoms with Gasteiger partial charge in [0.15, 0.2) is 0 Å². The lowest BCUT2D eigenvalue weighted by Crippen LogP contribution is -2.36. The number of ether oxygens (including phenoxy) is 3. The molecule has 2 heterocycles. The summed E-state index contributed by atoms with van der Waals surface area (Å²) in [5.74, 6) is -4.57. The van der Waals surface area contributed by atoms with E-state index in [1.165, 1.54) is 31.4 Å². The standard InChI is InChI=1S/C27H31F6NO3.C26H29F6NO3/c1-36-24(35)14-17-4-3-13-34(15-17)16-18-5-2-6-22-21(18)11-12-23(25(22)27(31,32)33)37-20-9-7-19(8-10-20)26(28,29)30;27-25(28,29)18-6-8-19(9-7-18)36-22-11-10-20-17(4-1-5-21(20)24(22)26(30,31)32)15-33-12-2-3-16(14-33)13-23(34)35/h2,5-6,11-12,17,19-20H,3-4,7-10,13-16H2,1H3;1,4-5,10-11,16,18-19H,2-3,6-9,12-15H2,(H,34,35)/t17-,19?,20?;16-,18?,19?/m11/s1. The topological polar surface area (TPSA) is 88.5 Å². The minimum atomic E-state index is -4.71. The molecule has 2 saturated carbocycles. The van der Waals surface area contributed by atoms with Gasteiger partial charge in [-0.2, -0.15) is 52.7 Å².